The zero-order chi connectivity index (χ0) is 13.6. The highest BCUT2D eigenvalue weighted by Gasteiger charge is 2.38. The third kappa shape index (κ3) is 3.82. The molecule has 1 aliphatic carbocycles. The first-order chi connectivity index (χ1) is 9.27. The predicted molar refractivity (Wildman–Crippen MR) is 79.0 cm³/mol. The van der Waals surface area contributed by atoms with Crippen LogP contribution in [0.5, 0.6) is 0 Å². The summed E-state index contributed by atoms with van der Waals surface area (Å²) in [4.78, 5) is 12.5. The first kappa shape index (κ1) is 14.6. The van der Waals surface area contributed by atoms with Gasteiger partial charge in [-0.25, -0.2) is 0 Å². The molecule has 108 valence electrons. The van der Waals surface area contributed by atoms with E-state index in [0.29, 0.717) is 5.91 Å². The van der Waals surface area contributed by atoms with E-state index in [9.17, 15) is 4.79 Å². The second-order valence-corrected chi connectivity index (χ2v) is 6.04. The molecule has 3 nitrogen and oxygen atoms in total. The Morgan fingerprint density at radius 3 is 2.84 bits per heavy atom. The highest BCUT2D eigenvalue weighted by atomic mass is 16.2. The summed E-state index contributed by atoms with van der Waals surface area (Å²) in [5.41, 5.74) is 1.44. The number of allylic oxidation sites excluding steroid dienone is 1. The Hall–Kier alpha value is -0.830. The van der Waals surface area contributed by atoms with Crippen LogP contribution in [0, 0.1) is 5.41 Å². The van der Waals surface area contributed by atoms with Crippen LogP contribution >= 0.6 is 0 Å². The largest absolute Gasteiger partial charge is 0.355 e. The van der Waals surface area contributed by atoms with Gasteiger partial charge in [-0.3, -0.25) is 4.79 Å². The van der Waals surface area contributed by atoms with Crippen LogP contribution < -0.4 is 10.6 Å². The van der Waals surface area contributed by atoms with Crippen LogP contribution in [0.3, 0.4) is 0 Å². The van der Waals surface area contributed by atoms with Crippen LogP contribution in [0.2, 0.25) is 0 Å². The molecule has 0 spiro atoms. The molecule has 3 heteroatoms. The van der Waals surface area contributed by atoms with E-state index in [1.54, 1.807) is 0 Å². The number of carbonyl (C=O) groups excluding carboxylic acids is 1. The topological polar surface area (TPSA) is 41.1 Å². The van der Waals surface area contributed by atoms with Gasteiger partial charge < -0.3 is 10.6 Å². The molecule has 1 heterocycles. The fourth-order valence-electron chi connectivity index (χ4n) is 3.46. The zero-order valence-corrected chi connectivity index (χ0v) is 12.3. The fourth-order valence-corrected chi connectivity index (χ4v) is 3.46. The molecule has 2 rings (SSSR count). The van der Waals surface area contributed by atoms with E-state index in [-0.39, 0.29) is 5.41 Å². The van der Waals surface area contributed by atoms with Crippen molar-refractivity contribution in [3.63, 3.8) is 0 Å². The average Bonchev–Trinajstić information content (AvgIpc) is 2.93. The highest BCUT2D eigenvalue weighted by molar-refractivity contribution is 5.82. The van der Waals surface area contributed by atoms with Crippen LogP contribution in [-0.4, -0.2) is 25.5 Å². The van der Waals surface area contributed by atoms with Gasteiger partial charge in [0.05, 0.1) is 5.41 Å². The summed E-state index contributed by atoms with van der Waals surface area (Å²) in [6.45, 7) is 4.97. The maximum absolute atomic E-state index is 12.5. The Labute approximate surface area is 117 Å². The Kier molecular flexibility index (Phi) is 5.44. The van der Waals surface area contributed by atoms with Gasteiger partial charge in [0.15, 0.2) is 0 Å². The molecule has 0 saturated carbocycles. The molecule has 2 N–H and O–H groups in total. The maximum Gasteiger partial charge on any atom is 0.226 e. The molecule has 0 atom stereocenters. The summed E-state index contributed by atoms with van der Waals surface area (Å²) in [5.74, 6) is 0.300. The number of hydrogen-bond donors (Lipinski definition) is 2. The van der Waals surface area contributed by atoms with E-state index in [1.807, 2.05) is 0 Å². The third-order valence-electron chi connectivity index (χ3n) is 4.64. The monoisotopic (exact) mass is 264 g/mol. The summed E-state index contributed by atoms with van der Waals surface area (Å²) in [6.07, 6.45) is 11.3. The zero-order valence-electron chi connectivity index (χ0n) is 12.3. The Morgan fingerprint density at radius 1 is 1.42 bits per heavy atom. The van der Waals surface area contributed by atoms with Crippen molar-refractivity contribution in [1.29, 1.82) is 0 Å². The van der Waals surface area contributed by atoms with Crippen LogP contribution in [0.15, 0.2) is 11.6 Å². The number of hydrogen-bond acceptors (Lipinski definition) is 2. The van der Waals surface area contributed by atoms with Gasteiger partial charge in [0.2, 0.25) is 5.91 Å². The van der Waals surface area contributed by atoms with E-state index in [4.69, 9.17) is 0 Å². The molecule has 0 unspecified atom stereocenters. The SMILES string of the molecule is CCCC1(C(=O)NCCC2=CCCC2)CCNCC1. The molecule has 1 saturated heterocycles. The number of rotatable bonds is 6. The Morgan fingerprint density at radius 2 is 2.21 bits per heavy atom. The minimum Gasteiger partial charge on any atom is -0.355 e. The van der Waals surface area contributed by atoms with Gasteiger partial charge in [-0.05, 0) is 58.0 Å². The summed E-state index contributed by atoms with van der Waals surface area (Å²) in [5, 5.41) is 6.56. The van der Waals surface area contributed by atoms with Gasteiger partial charge in [0.1, 0.15) is 0 Å². The molecule has 0 aromatic rings. The predicted octanol–water partition coefficient (Wildman–Crippen LogP) is 2.77. The van der Waals surface area contributed by atoms with Crippen LogP contribution in [0.4, 0.5) is 0 Å². The summed E-state index contributed by atoms with van der Waals surface area (Å²) >= 11 is 0. The molecule has 19 heavy (non-hydrogen) atoms. The quantitative estimate of drug-likeness (QED) is 0.724. The van der Waals surface area contributed by atoms with Gasteiger partial charge in [0.25, 0.3) is 0 Å². The van der Waals surface area contributed by atoms with Gasteiger partial charge in [0, 0.05) is 6.54 Å². The first-order valence-electron chi connectivity index (χ1n) is 7.94. The first-order valence-corrected chi connectivity index (χ1v) is 7.94. The molecule has 0 radical (unpaired) electrons. The van der Waals surface area contributed by atoms with Gasteiger partial charge in [-0.1, -0.05) is 25.0 Å². The van der Waals surface area contributed by atoms with E-state index < -0.39 is 0 Å². The van der Waals surface area contributed by atoms with Crippen molar-refractivity contribution in [2.45, 2.75) is 58.3 Å². The molecule has 2 aliphatic rings. The van der Waals surface area contributed by atoms with Crippen LogP contribution in [-0.2, 0) is 4.79 Å². The maximum atomic E-state index is 12.5. The molecule has 0 aromatic carbocycles. The van der Waals surface area contributed by atoms with Crippen molar-refractivity contribution in [3.05, 3.63) is 11.6 Å². The van der Waals surface area contributed by atoms with Crippen molar-refractivity contribution in [3.8, 4) is 0 Å². The Balaban J connectivity index is 1.81. The van der Waals surface area contributed by atoms with Crippen LogP contribution in [0.25, 0.3) is 0 Å². The minimum atomic E-state index is -0.0932. The lowest BCUT2D eigenvalue weighted by molar-refractivity contribution is -0.133. The molecule has 1 fully saturated rings. The van der Waals surface area contributed by atoms with E-state index >= 15 is 0 Å². The standard InChI is InChI=1S/C16H28N2O/c1-2-8-16(9-12-17-13-10-16)15(19)18-11-7-14-5-3-4-6-14/h5,17H,2-4,6-13H2,1H3,(H,18,19). The molecule has 0 bridgehead atoms. The number of carbonyl (C=O) groups is 1. The van der Waals surface area contributed by atoms with Crippen molar-refractivity contribution >= 4 is 5.91 Å². The molecular formula is C16H28N2O. The van der Waals surface area contributed by atoms with Crippen molar-refractivity contribution in [2.75, 3.05) is 19.6 Å². The van der Waals surface area contributed by atoms with Gasteiger partial charge in [-0.2, -0.15) is 0 Å². The summed E-state index contributed by atoms with van der Waals surface area (Å²) in [7, 11) is 0. The van der Waals surface area contributed by atoms with E-state index in [0.717, 1.165) is 51.7 Å². The summed E-state index contributed by atoms with van der Waals surface area (Å²) in [6, 6.07) is 0. The molecule has 0 aromatic heterocycles. The molecule has 1 amide bonds. The van der Waals surface area contributed by atoms with Gasteiger partial charge in [-0.15, -0.1) is 0 Å². The fraction of sp³-hybridized carbons (Fsp3) is 0.812. The smallest absolute Gasteiger partial charge is 0.226 e. The molecular weight excluding hydrogens is 236 g/mol. The minimum absolute atomic E-state index is 0.0932. The Bertz CT molecular complexity index is 324. The summed E-state index contributed by atoms with van der Waals surface area (Å²) < 4.78 is 0. The van der Waals surface area contributed by atoms with E-state index in [2.05, 4.69) is 23.6 Å². The number of nitrogens with one attached hydrogen (secondary N) is 2. The lowest BCUT2D eigenvalue weighted by atomic mass is 9.74. The average molecular weight is 264 g/mol. The van der Waals surface area contributed by atoms with Crippen molar-refractivity contribution < 1.29 is 4.79 Å². The lowest BCUT2D eigenvalue weighted by Crippen LogP contribution is -2.47. The number of piperidine rings is 1. The second kappa shape index (κ2) is 7.09. The highest BCUT2D eigenvalue weighted by Crippen LogP contribution is 2.34. The van der Waals surface area contributed by atoms with Gasteiger partial charge >= 0.3 is 0 Å². The van der Waals surface area contributed by atoms with E-state index in [1.165, 1.54) is 24.8 Å². The second-order valence-electron chi connectivity index (χ2n) is 6.04. The molecule has 1 aliphatic heterocycles. The lowest BCUT2D eigenvalue weighted by Gasteiger charge is -2.36. The van der Waals surface area contributed by atoms with Crippen LogP contribution in [0.1, 0.15) is 58.3 Å². The normalized spacial score (nSPS) is 22.1. The van der Waals surface area contributed by atoms with Crippen molar-refractivity contribution in [1.82, 2.24) is 10.6 Å². The third-order valence-corrected chi connectivity index (χ3v) is 4.64. The number of amides is 1. The van der Waals surface area contributed by atoms with Crippen molar-refractivity contribution in [2.24, 2.45) is 5.41 Å².